The van der Waals surface area contributed by atoms with E-state index >= 15 is 0 Å². The molecule has 1 aromatic carbocycles. The zero-order valence-corrected chi connectivity index (χ0v) is 14.9. The molecule has 0 amide bonds. The summed E-state index contributed by atoms with van der Waals surface area (Å²) >= 11 is 3.49. The maximum Gasteiger partial charge on any atom is 0.329 e. The van der Waals surface area contributed by atoms with E-state index in [0.29, 0.717) is 5.54 Å². The Labute approximate surface area is 127 Å². The molecule has 0 aliphatic rings. The van der Waals surface area contributed by atoms with Gasteiger partial charge in [-0.2, -0.15) is 0 Å². The highest BCUT2D eigenvalue weighted by Crippen LogP contribution is 2.25. The van der Waals surface area contributed by atoms with E-state index < -0.39 is 9.28 Å². The first kappa shape index (κ1) is 16.9. The van der Waals surface area contributed by atoms with Gasteiger partial charge in [0.05, 0.1) is 0 Å². The summed E-state index contributed by atoms with van der Waals surface area (Å²) in [6.07, 6.45) is 3.18. The summed E-state index contributed by atoms with van der Waals surface area (Å²) in [5.41, 5.74) is 1.78. The molecule has 0 aliphatic heterocycles. The lowest BCUT2D eigenvalue weighted by atomic mass is 10.1. The monoisotopic (exact) mass is 344 g/mol. The van der Waals surface area contributed by atoms with Gasteiger partial charge >= 0.3 is 9.28 Å². The molecule has 0 saturated carbocycles. The topological polar surface area (TPSA) is 18.5 Å². The summed E-state index contributed by atoms with van der Waals surface area (Å²) in [4.78, 5) is 0. The van der Waals surface area contributed by atoms with Gasteiger partial charge in [-0.3, -0.25) is 0 Å². The van der Waals surface area contributed by atoms with Gasteiger partial charge in [0.1, 0.15) is 0 Å². The normalized spacial score (nSPS) is 12.9. The van der Waals surface area contributed by atoms with E-state index in [-0.39, 0.29) is 0 Å². The molecule has 108 valence electrons. The van der Waals surface area contributed by atoms with Crippen LogP contribution in [0, 0.1) is 0 Å². The van der Waals surface area contributed by atoms with Crippen LogP contribution in [0.5, 0.6) is 0 Å². The van der Waals surface area contributed by atoms with Crippen LogP contribution in [0.1, 0.15) is 51.1 Å². The van der Waals surface area contributed by atoms with Crippen molar-refractivity contribution in [1.29, 1.82) is 0 Å². The SMILES string of the molecule is CCCO[SiH](OCCC)C(CC)c1ccc(Br)cc1. The smallest absolute Gasteiger partial charge is 0.329 e. The molecule has 0 spiro atoms. The number of hydrogen-bond donors (Lipinski definition) is 0. The lowest BCUT2D eigenvalue weighted by molar-refractivity contribution is 0.187. The Balaban J connectivity index is 2.78. The number of hydrogen-bond acceptors (Lipinski definition) is 2. The van der Waals surface area contributed by atoms with Gasteiger partial charge in [0.2, 0.25) is 0 Å². The zero-order valence-electron chi connectivity index (χ0n) is 12.2. The van der Waals surface area contributed by atoms with Crippen molar-refractivity contribution in [2.45, 2.75) is 45.6 Å². The maximum absolute atomic E-state index is 6.04. The summed E-state index contributed by atoms with van der Waals surface area (Å²) < 4.78 is 13.2. The Bertz CT molecular complexity index is 335. The Hall–Kier alpha value is -0.163. The predicted molar refractivity (Wildman–Crippen MR) is 86.8 cm³/mol. The largest absolute Gasteiger partial charge is 0.396 e. The Kier molecular flexibility index (Phi) is 8.62. The number of halogens is 1. The quantitative estimate of drug-likeness (QED) is 0.611. The molecule has 1 rings (SSSR count). The zero-order chi connectivity index (χ0) is 14.1. The molecule has 0 fully saturated rings. The summed E-state index contributed by atoms with van der Waals surface area (Å²) in [5.74, 6) is 0. The highest BCUT2D eigenvalue weighted by Gasteiger charge is 2.26. The fourth-order valence-corrected chi connectivity index (χ4v) is 4.73. The van der Waals surface area contributed by atoms with Gasteiger partial charge in [-0.15, -0.1) is 0 Å². The van der Waals surface area contributed by atoms with Crippen LogP contribution in [0.4, 0.5) is 0 Å². The fraction of sp³-hybridized carbons (Fsp3) is 0.600. The number of rotatable bonds is 9. The highest BCUT2D eigenvalue weighted by atomic mass is 79.9. The lowest BCUT2D eigenvalue weighted by Gasteiger charge is -2.25. The van der Waals surface area contributed by atoms with Crippen molar-refractivity contribution in [1.82, 2.24) is 0 Å². The molecule has 0 bridgehead atoms. The van der Waals surface area contributed by atoms with Crippen molar-refractivity contribution in [2.75, 3.05) is 13.2 Å². The molecule has 0 N–H and O–H groups in total. The maximum atomic E-state index is 6.04. The van der Waals surface area contributed by atoms with Crippen LogP contribution >= 0.6 is 15.9 Å². The van der Waals surface area contributed by atoms with Gasteiger partial charge in [-0.1, -0.05) is 48.8 Å². The minimum absolute atomic E-state index is 0.436. The first-order chi connectivity index (χ1) is 9.22. The summed E-state index contributed by atoms with van der Waals surface area (Å²) in [5, 5.41) is 0. The molecule has 4 heteroatoms. The number of benzene rings is 1. The molecule has 1 atom stereocenters. The second-order valence-corrected chi connectivity index (χ2v) is 7.80. The van der Waals surface area contributed by atoms with Crippen LogP contribution in [0.25, 0.3) is 0 Å². The van der Waals surface area contributed by atoms with Gasteiger partial charge in [0, 0.05) is 23.2 Å². The van der Waals surface area contributed by atoms with E-state index in [1.807, 2.05) is 0 Å². The minimum atomic E-state index is -1.64. The molecule has 2 nitrogen and oxygen atoms in total. The second-order valence-electron chi connectivity index (χ2n) is 4.68. The Morgan fingerprint density at radius 3 is 1.95 bits per heavy atom. The van der Waals surface area contributed by atoms with Crippen LogP contribution in [0.3, 0.4) is 0 Å². The Morgan fingerprint density at radius 1 is 1.00 bits per heavy atom. The van der Waals surface area contributed by atoms with Crippen molar-refractivity contribution >= 4 is 25.2 Å². The molecular weight excluding hydrogens is 320 g/mol. The summed E-state index contributed by atoms with van der Waals surface area (Å²) in [6, 6.07) is 8.57. The molecule has 0 aromatic heterocycles. The predicted octanol–water partition coefficient (Wildman–Crippen LogP) is 4.56. The third kappa shape index (κ3) is 5.77. The standard InChI is InChI=1S/C15H25BrO2Si/c1-4-11-17-19(18-12-5-2)15(6-3)13-7-9-14(16)10-8-13/h7-10,15,19H,4-6,11-12H2,1-3H3. The summed E-state index contributed by atoms with van der Waals surface area (Å²) in [7, 11) is -1.64. The van der Waals surface area contributed by atoms with Gasteiger partial charge in [-0.25, -0.2) is 0 Å². The Morgan fingerprint density at radius 2 is 1.53 bits per heavy atom. The summed E-state index contributed by atoms with van der Waals surface area (Å²) in [6.45, 7) is 8.14. The first-order valence-electron chi connectivity index (χ1n) is 7.21. The molecule has 19 heavy (non-hydrogen) atoms. The molecule has 0 radical (unpaired) electrons. The van der Waals surface area contributed by atoms with Crippen molar-refractivity contribution in [2.24, 2.45) is 0 Å². The van der Waals surface area contributed by atoms with Gasteiger partial charge in [0.15, 0.2) is 0 Å². The molecule has 1 unspecified atom stereocenters. The van der Waals surface area contributed by atoms with Crippen molar-refractivity contribution < 1.29 is 8.85 Å². The average Bonchev–Trinajstić information content (AvgIpc) is 2.43. The highest BCUT2D eigenvalue weighted by molar-refractivity contribution is 9.10. The lowest BCUT2D eigenvalue weighted by Crippen LogP contribution is -2.32. The second kappa shape index (κ2) is 9.70. The van der Waals surface area contributed by atoms with E-state index in [9.17, 15) is 0 Å². The van der Waals surface area contributed by atoms with Crippen molar-refractivity contribution in [3.05, 3.63) is 34.3 Å². The van der Waals surface area contributed by atoms with E-state index in [1.165, 1.54) is 5.56 Å². The van der Waals surface area contributed by atoms with Crippen LogP contribution < -0.4 is 0 Å². The van der Waals surface area contributed by atoms with E-state index in [2.05, 4.69) is 61.0 Å². The van der Waals surface area contributed by atoms with Crippen LogP contribution in [0.15, 0.2) is 28.7 Å². The first-order valence-corrected chi connectivity index (χ1v) is 9.61. The molecule has 0 aliphatic carbocycles. The molecule has 1 aromatic rings. The van der Waals surface area contributed by atoms with Crippen molar-refractivity contribution in [3.63, 3.8) is 0 Å². The van der Waals surface area contributed by atoms with E-state index in [0.717, 1.165) is 36.9 Å². The van der Waals surface area contributed by atoms with Crippen LogP contribution in [0.2, 0.25) is 0 Å². The molecule has 0 saturated heterocycles. The molecule has 0 heterocycles. The van der Waals surface area contributed by atoms with Crippen molar-refractivity contribution in [3.8, 4) is 0 Å². The van der Waals surface area contributed by atoms with Crippen LogP contribution in [-0.2, 0) is 8.85 Å². The third-order valence-corrected chi connectivity index (χ3v) is 6.21. The van der Waals surface area contributed by atoms with Gasteiger partial charge in [0.25, 0.3) is 0 Å². The minimum Gasteiger partial charge on any atom is -0.396 e. The van der Waals surface area contributed by atoms with E-state index in [4.69, 9.17) is 8.85 Å². The van der Waals surface area contributed by atoms with Gasteiger partial charge in [-0.05, 0) is 37.0 Å². The molecular formula is C15H25BrO2Si. The fourth-order valence-electron chi connectivity index (χ4n) is 2.04. The van der Waals surface area contributed by atoms with Crippen LogP contribution in [-0.4, -0.2) is 22.5 Å². The third-order valence-electron chi connectivity index (χ3n) is 3.04. The average molecular weight is 345 g/mol. The van der Waals surface area contributed by atoms with E-state index in [1.54, 1.807) is 0 Å². The van der Waals surface area contributed by atoms with Gasteiger partial charge < -0.3 is 8.85 Å².